The van der Waals surface area contributed by atoms with Crippen molar-refractivity contribution >= 4 is 29.0 Å². The fourth-order valence-electron chi connectivity index (χ4n) is 2.01. The summed E-state index contributed by atoms with van der Waals surface area (Å²) >= 11 is 11.8. The molecule has 1 aliphatic rings. The van der Waals surface area contributed by atoms with Gasteiger partial charge >= 0.3 is 0 Å². The molecule has 1 saturated heterocycles. The summed E-state index contributed by atoms with van der Waals surface area (Å²) < 4.78 is 11.0. The molecule has 1 aromatic rings. The monoisotopic (exact) mass is 302 g/mol. The van der Waals surface area contributed by atoms with Gasteiger partial charge in [0.05, 0.1) is 17.7 Å². The molecule has 0 N–H and O–H groups in total. The number of benzene rings is 1. The van der Waals surface area contributed by atoms with Crippen LogP contribution in [-0.2, 0) is 9.47 Å². The van der Waals surface area contributed by atoms with E-state index in [0.717, 1.165) is 19.4 Å². The Labute approximate surface area is 122 Å². The maximum Gasteiger partial charge on any atom is 0.192 e. The highest BCUT2D eigenvalue weighted by Gasteiger charge is 2.22. The van der Waals surface area contributed by atoms with E-state index in [9.17, 15) is 4.79 Å². The van der Waals surface area contributed by atoms with Crippen LogP contribution >= 0.6 is 23.2 Å². The van der Waals surface area contributed by atoms with E-state index in [-0.39, 0.29) is 11.9 Å². The number of ether oxygens (including phenoxy) is 2. The van der Waals surface area contributed by atoms with Gasteiger partial charge in [-0.1, -0.05) is 23.2 Å². The lowest BCUT2D eigenvalue weighted by molar-refractivity contribution is -0.00758. The van der Waals surface area contributed by atoms with Crippen LogP contribution in [-0.4, -0.2) is 31.2 Å². The number of ketones is 1. The van der Waals surface area contributed by atoms with Crippen molar-refractivity contribution in [3.05, 3.63) is 33.8 Å². The van der Waals surface area contributed by atoms with Crippen molar-refractivity contribution in [1.82, 2.24) is 0 Å². The fraction of sp³-hybridized carbons (Fsp3) is 0.500. The lowest BCUT2D eigenvalue weighted by Crippen LogP contribution is -2.26. The summed E-state index contributed by atoms with van der Waals surface area (Å²) in [5.74, 6) is -0.139. The highest BCUT2D eigenvalue weighted by molar-refractivity contribution is 6.37. The van der Waals surface area contributed by atoms with Crippen molar-refractivity contribution in [1.29, 1.82) is 0 Å². The van der Waals surface area contributed by atoms with Crippen LogP contribution in [0.4, 0.5) is 0 Å². The van der Waals surface area contributed by atoms with Crippen LogP contribution in [0.25, 0.3) is 0 Å². The fourth-order valence-corrected chi connectivity index (χ4v) is 2.51. The zero-order chi connectivity index (χ0) is 13.8. The molecule has 1 fully saturated rings. The van der Waals surface area contributed by atoms with Crippen LogP contribution in [0, 0.1) is 0 Å². The first-order valence-electron chi connectivity index (χ1n) is 6.30. The molecule has 1 aliphatic heterocycles. The van der Waals surface area contributed by atoms with E-state index >= 15 is 0 Å². The second kappa shape index (κ2) is 6.71. The molecule has 3 nitrogen and oxygen atoms in total. The number of halogens is 2. The minimum Gasteiger partial charge on any atom is -0.376 e. The molecule has 104 valence electrons. The van der Waals surface area contributed by atoms with Crippen LogP contribution in [0.3, 0.4) is 0 Å². The van der Waals surface area contributed by atoms with Gasteiger partial charge in [-0.25, -0.2) is 0 Å². The molecule has 0 spiro atoms. The first kappa shape index (κ1) is 14.8. The molecule has 2 unspecified atom stereocenters. The molecule has 1 heterocycles. The second-order valence-corrected chi connectivity index (χ2v) is 5.44. The molecule has 5 heteroatoms. The average molecular weight is 303 g/mol. The van der Waals surface area contributed by atoms with Crippen LogP contribution in [0.15, 0.2) is 18.2 Å². The molecule has 2 rings (SSSR count). The molecule has 0 amide bonds. The minimum atomic E-state index is -0.539. The second-order valence-electron chi connectivity index (χ2n) is 4.60. The van der Waals surface area contributed by atoms with Gasteiger partial charge in [-0.2, -0.15) is 0 Å². The SMILES string of the molecule is CC(OCC1CCCO1)C(=O)c1ccc(Cl)cc1Cl. The minimum absolute atomic E-state index is 0.107. The van der Waals surface area contributed by atoms with Gasteiger partial charge in [0.2, 0.25) is 0 Å². The number of Topliss-reactive ketones (excluding diaryl/α,β-unsaturated/α-hetero) is 1. The van der Waals surface area contributed by atoms with E-state index in [1.165, 1.54) is 0 Å². The van der Waals surface area contributed by atoms with Crippen LogP contribution in [0.2, 0.25) is 10.0 Å². The number of carbonyl (C=O) groups is 1. The molecule has 1 aromatic carbocycles. The van der Waals surface area contributed by atoms with E-state index in [2.05, 4.69) is 0 Å². The molecular weight excluding hydrogens is 287 g/mol. The van der Waals surface area contributed by atoms with Crippen molar-refractivity contribution in [2.45, 2.75) is 32.0 Å². The summed E-state index contributed by atoms with van der Waals surface area (Å²) in [5, 5.41) is 0.861. The molecule has 0 aliphatic carbocycles. The smallest absolute Gasteiger partial charge is 0.192 e. The summed E-state index contributed by atoms with van der Waals surface area (Å²) in [6.07, 6.45) is 1.61. The Morgan fingerprint density at radius 3 is 2.95 bits per heavy atom. The van der Waals surface area contributed by atoms with Crippen LogP contribution < -0.4 is 0 Å². The Morgan fingerprint density at radius 2 is 2.32 bits per heavy atom. The summed E-state index contributed by atoms with van der Waals surface area (Å²) in [6, 6.07) is 4.83. The van der Waals surface area contributed by atoms with Crippen LogP contribution in [0.5, 0.6) is 0 Å². The standard InChI is InChI=1S/C14H16Cl2O3/c1-9(19-8-11-3-2-6-18-11)14(17)12-5-4-10(15)7-13(12)16/h4-5,7,9,11H,2-3,6,8H2,1H3. The molecule has 0 aromatic heterocycles. The Kier molecular flexibility index (Phi) is 5.22. The lowest BCUT2D eigenvalue weighted by Gasteiger charge is -2.16. The lowest BCUT2D eigenvalue weighted by atomic mass is 10.1. The maximum absolute atomic E-state index is 12.2. The van der Waals surface area contributed by atoms with Gasteiger partial charge in [0, 0.05) is 17.2 Å². The van der Waals surface area contributed by atoms with Crippen molar-refractivity contribution in [2.75, 3.05) is 13.2 Å². The number of hydrogen-bond donors (Lipinski definition) is 0. The van der Waals surface area contributed by atoms with Crippen molar-refractivity contribution in [3.8, 4) is 0 Å². The van der Waals surface area contributed by atoms with Crippen molar-refractivity contribution in [2.24, 2.45) is 0 Å². The predicted octanol–water partition coefficient (Wildman–Crippen LogP) is 3.76. The molecule has 0 bridgehead atoms. The summed E-state index contributed by atoms with van der Waals surface area (Å²) in [6.45, 7) is 2.94. The normalized spacial score (nSPS) is 20.5. The third-order valence-corrected chi connectivity index (χ3v) is 3.67. The molecule has 0 saturated carbocycles. The van der Waals surface area contributed by atoms with Gasteiger partial charge < -0.3 is 9.47 Å². The maximum atomic E-state index is 12.2. The quantitative estimate of drug-likeness (QED) is 0.777. The first-order chi connectivity index (χ1) is 9.08. The zero-order valence-electron chi connectivity index (χ0n) is 10.7. The van der Waals surface area contributed by atoms with E-state index < -0.39 is 6.10 Å². The van der Waals surface area contributed by atoms with Gasteiger partial charge in [-0.05, 0) is 38.0 Å². The molecular formula is C14H16Cl2O3. The van der Waals surface area contributed by atoms with Gasteiger partial charge in [0.25, 0.3) is 0 Å². The summed E-state index contributed by atoms with van der Waals surface area (Å²) in [5.41, 5.74) is 0.436. The van der Waals surface area contributed by atoms with Gasteiger partial charge in [0.1, 0.15) is 6.10 Å². The predicted molar refractivity (Wildman–Crippen MR) is 75.2 cm³/mol. The van der Waals surface area contributed by atoms with Gasteiger partial charge in [0.15, 0.2) is 5.78 Å². The largest absolute Gasteiger partial charge is 0.376 e. The Hall–Kier alpha value is -0.610. The average Bonchev–Trinajstić information content (AvgIpc) is 2.88. The first-order valence-corrected chi connectivity index (χ1v) is 7.06. The van der Waals surface area contributed by atoms with E-state index in [0.29, 0.717) is 22.2 Å². The van der Waals surface area contributed by atoms with Gasteiger partial charge in [-0.15, -0.1) is 0 Å². The Bertz CT molecular complexity index is 456. The van der Waals surface area contributed by atoms with E-state index in [4.69, 9.17) is 32.7 Å². The van der Waals surface area contributed by atoms with Crippen LogP contribution in [0.1, 0.15) is 30.1 Å². The molecule has 0 radical (unpaired) electrons. The molecule has 19 heavy (non-hydrogen) atoms. The summed E-state index contributed by atoms with van der Waals surface area (Å²) in [7, 11) is 0. The van der Waals surface area contributed by atoms with Gasteiger partial charge in [-0.3, -0.25) is 4.79 Å². The highest BCUT2D eigenvalue weighted by Crippen LogP contribution is 2.23. The van der Waals surface area contributed by atoms with Crippen molar-refractivity contribution < 1.29 is 14.3 Å². The molecule has 2 atom stereocenters. The third-order valence-electron chi connectivity index (χ3n) is 3.12. The number of hydrogen-bond acceptors (Lipinski definition) is 3. The topological polar surface area (TPSA) is 35.5 Å². The Morgan fingerprint density at radius 1 is 1.53 bits per heavy atom. The summed E-state index contributed by atoms with van der Waals surface area (Å²) in [4.78, 5) is 12.2. The number of rotatable bonds is 5. The number of carbonyl (C=O) groups excluding carboxylic acids is 1. The van der Waals surface area contributed by atoms with Crippen molar-refractivity contribution in [3.63, 3.8) is 0 Å². The van der Waals surface area contributed by atoms with E-state index in [1.807, 2.05) is 0 Å². The zero-order valence-corrected chi connectivity index (χ0v) is 12.2. The Balaban J connectivity index is 1.94. The highest BCUT2D eigenvalue weighted by atomic mass is 35.5. The third kappa shape index (κ3) is 3.93. The van der Waals surface area contributed by atoms with E-state index in [1.54, 1.807) is 25.1 Å².